The van der Waals surface area contributed by atoms with Gasteiger partial charge in [0, 0.05) is 43.1 Å². The van der Waals surface area contributed by atoms with Crippen molar-refractivity contribution in [3.63, 3.8) is 0 Å². The van der Waals surface area contributed by atoms with Gasteiger partial charge in [-0.25, -0.2) is 13.2 Å². The lowest BCUT2D eigenvalue weighted by Crippen LogP contribution is -2.40. The summed E-state index contributed by atoms with van der Waals surface area (Å²) in [7, 11) is 0. The largest absolute Gasteiger partial charge is 0.353 e. The highest BCUT2D eigenvalue weighted by Gasteiger charge is 2.46. The summed E-state index contributed by atoms with van der Waals surface area (Å²) in [6.45, 7) is 0. The Balaban J connectivity index is 1.11. The fraction of sp³-hybridized carbons (Fsp3) is 0.680. The van der Waals surface area contributed by atoms with Crippen LogP contribution in [0.2, 0.25) is 0 Å². The van der Waals surface area contributed by atoms with Crippen molar-refractivity contribution in [2.24, 2.45) is 40.5 Å². The molecule has 0 aromatic heterocycles. The minimum atomic E-state index is -2.56. The highest BCUT2D eigenvalue weighted by molar-refractivity contribution is 6.00. The van der Waals surface area contributed by atoms with E-state index < -0.39 is 5.92 Å². The molecular formula is C25H31F3N2O. The number of hydrogen-bond donors (Lipinski definition) is 1. The molecule has 5 aliphatic rings. The molecular weight excluding hydrogens is 401 g/mol. The van der Waals surface area contributed by atoms with Crippen LogP contribution in [-0.2, 0) is 4.79 Å². The zero-order valence-electron chi connectivity index (χ0n) is 17.8. The van der Waals surface area contributed by atoms with Crippen molar-refractivity contribution in [3.05, 3.63) is 36.3 Å². The molecule has 1 N–H and O–H groups in total. The van der Waals surface area contributed by atoms with Gasteiger partial charge in [-0.3, -0.25) is 9.79 Å². The average molecular weight is 433 g/mol. The van der Waals surface area contributed by atoms with Crippen molar-refractivity contribution in [2.75, 3.05) is 0 Å². The van der Waals surface area contributed by atoms with E-state index in [4.69, 9.17) is 0 Å². The topological polar surface area (TPSA) is 41.5 Å². The van der Waals surface area contributed by atoms with E-state index in [1.165, 1.54) is 6.08 Å². The number of hydrogen-bond acceptors (Lipinski definition) is 2. The number of halogens is 3. The van der Waals surface area contributed by atoms with Crippen LogP contribution in [0.1, 0.15) is 57.8 Å². The second kappa shape index (κ2) is 8.25. The number of allylic oxidation sites excluding steroid dienone is 5. The van der Waals surface area contributed by atoms with Crippen molar-refractivity contribution in [1.29, 1.82) is 0 Å². The molecule has 0 bridgehead atoms. The number of nitrogens with one attached hydrogen (secondary N) is 1. The van der Waals surface area contributed by atoms with E-state index in [0.29, 0.717) is 48.9 Å². The molecule has 0 radical (unpaired) electrons. The molecule has 0 saturated heterocycles. The Morgan fingerprint density at radius 3 is 2.48 bits per heavy atom. The van der Waals surface area contributed by atoms with E-state index in [0.717, 1.165) is 31.4 Å². The van der Waals surface area contributed by atoms with Crippen LogP contribution in [0.3, 0.4) is 0 Å². The van der Waals surface area contributed by atoms with Gasteiger partial charge in [0.05, 0.1) is 0 Å². The van der Waals surface area contributed by atoms with Gasteiger partial charge in [0.1, 0.15) is 5.83 Å². The van der Waals surface area contributed by atoms with Crippen LogP contribution in [0.4, 0.5) is 13.2 Å². The van der Waals surface area contributed by atoms with Crippen molar-refractivity contribution in [3.8, 4) is 0 Å². The van der Waals surface area contributed by atoms with E-state index in [9.17, 15) is 18.0 Å². The Morgan fingerprint density at radius 1 is 1.06 bits per heavy atom. The predicted molar refractivity (Wildman–Crippen MR) is 114 cm³/mol. The molecule has 3 fully saturated rings. The molecule has 31 heavy (non-hydrogen) atoms. The summed E-state index contributed by atoms with van der Waals surface area (Å²) in [4.78, 5) is 16.9. The maximum atomic E-state index is 13.8. The number of carbonyl (C=O) groups is 1. The molecule has 1 amide bonds. The lowest BCUT2D eigenvalue weighted by atomic mass is 9.74. The number of alkyl halides is 2. The first-order valence-corrected chi connectivity index (χ1v) is 11.8. The highest BCUT2D eigenvalue weighted by Crippen LogP contribution is 2.53. The summed E-state index contributed by atoms with van der Waals surface area (Å²) in [5, 5.41) is 3.00. The molecule has 0 aromatic rings. The van der Waals surface area contributed by atoms with Gasteiger partial charge in [0.2, 0.25) is 11.8 Å². The number of fused-ring (bicyclic) bond motifs is 2. The normalized spacial score (nSPS) is 38.9. The zero-order valence-corrected chi connectivity index (χ0v) is 17.8. The Hall–Kier alpha value is -1.85. The van der Waals surface area contributed by atoms with Gasteiger partial charge >= 0.3 is 0 Å². The Labute approximate surface area is 182 Å². The molecule has 1 heterocycles. The third kappa shape index (κ3) is 4.54. The quantitative estimate of drug-likeness (QED) is 0.604. The fourth-order valence-corrected chi connectivity index (χ4v) is 6.83. The summed E-state index contributed by atoms with van der Waals surface area (Å²) in [5.74, 6) is -0.137. The zero-order chi connectivity index (χ0) is 21.6. The highest BCUT2D eigenvalue weighted by atomic mass is 19.3. The van der Waals surface area contributed by atoms with Crippen LogP contribution in [0.15, 0.2) is 41.3 Å². The van der Waals surface area contributed by atoms with Gasteiger partial charge < -0.3 is 5.32 Å². The van der Waals surface area contributed by atoms with Crippen LogP contribution in [0.25, 0.3) is 0 Å². The summed E-state index contributed by atoms with van der Waals surface area (Å²) in [6, 6.07) is -0.0932. The van der Waals surface area contributed by atoms with Crippen molar-refractivity contribution in [2.45, 2.75) is 69.8 Å². The summed E-state index contributed by atoms with van der Waals surface area (Å²) in [6.07, 6.45) is 14.5. The van der Waals surface area contributed by atoms with Crippen molar-refractivity contribution < 1.29 is 18.0 Å². The third-order valence-corrected chi connectivity index (χ3v) is 8.29. The first kappa shape index (κ1) is 21.0. The maximum Gasteiger partial charge on any atom is 0.248 e. The molecule has 6 heteroatoms. The predicted octanol–water partition coefficient (Wildman–Crippen LogP) is 5.75. The van der Waals surface area contributed by atoms with E-state index in [1.54, 1.807) is 12.2 Å². The average Bonchev–Trinajstić information content (AvgIpc) is 3.27. The molecule has 3 unspecified atom stereocenters. The van der Waals surface area contributed by atoms with Gasteiger partial charge in [0.15, 0.2) is 0 Å². The fourth-order valence-electron chi connectivity index (χ4n) is 6.83. The SMILES string of the molecule is O=C(CC1C[C@@H]2C[C@H](C3C=CN=C4C=CC(F)=CC43)C[C@@H]2C1)NC1CCC(F)(F)CC1. The molecule has 6 atom stereocenters. The standard InChI is InChI=1S/C25H31F3N2O/c26-19-1-2-23-22(14-19)21(5-8-29-23)18-12-16-9-15(10-17(16)13-18)11-24(31)30-20-3-6-25(27,28)7-4-20/h1-2,5,8,14-18,20-22H,3-4,6-7,9-13H2,(H,30,31)/t15?,16-,17+,18+,21?,22?. The van der Waals surface area contributed by atoms with Crippen LogP contribution in [0.5, 0.6) is 0 Å². The van der Waals surface area contributed by atoms with Gasteiger partial charge in [-0.05, 0) is 86.3 Å². The van der Waals surface area contributed by atoms with Crippen LogP contribution in [-0.4, -0.2) is 23.6 Å². The van der Waals surface area contributed by atoms with Crippen LogP contribution < -0.4 is 5.32 Å². The van der Waals surface area contributed by atoms with Crippen molar-refractivity contribution in [1.82, 2.24) is 5.32 Å². The second-order valence-corrected chi connectivity index (χ2v) is 10.4. The number of nitrogens with zero attached hydrogens (tertiary/aromatic N) is 1. The van der Waals surface area contributed by atoms with E-state index >= 15 is 0 Å². The van der Waals surface area contributed by atoms with E-state index in [1.807, 2.05) is 6.20 Å². The van der Waals surface area contributed by atoms with Crippen LogP contribution in [0, 0.1) is 35.5 Å². The van der Waals surface area contributed by atoms with E-state index in [-0.39, 0.29) is 36.5 Å². The monoisotopic (exact) mass is 432 g/mol. The number of rotatable bonds is 4. The Kier molecular flexibility index (Phi) is 5.59. The summed E-state index contributed by atoms with van der Waals surface area (Å²) >= 11 is 0. The summed E-state index contributed by atoms with van der Waals surface area (Å²) < 4.78 is 40.5. The molecule has 3 saturated carbocycles. The minimum Gasteiger partial charge on any atom is -0.353 e. The lowest BCUT2D eigenvalue weighted by molar-refractivity contribution is -0.123. The minimum absolute atomic E-state index is 0.0300. The molecule has 0 spiro atoms. The Bertz CT molecular complexity index is 822. The number of aliphatic imine (C=N–C) groups is 1. The number of amides is 1. The molecule has 168 valence electrons. The van der Waals surface area contributed by atoms with Gasteiger partial charge in [-0.2, -0.15) is 0 Å². The molecule has 0 aromatic carbocycles. The smallest absolute Gasteiger partial charge is 0.248 e. The van der Waals surface area contributed by atoms with Crippen molar-refractivity contribution >= 4 is 11.6 Å². The third-order valence-electron chi connectivity index (χ3n) is 8.29. The molecule has 4 aliphatic carbocycles. The van der Waals surface area contributed by atoms with Crippen LogP contribution >= 0.6 is 0 Å². The number of carbonyl (C=O) groups excluding carboxylic acids is 1. The maximum absolute atomic E-state index is 13.8. The second-order valence-electron chi connectivity index (χ2n) is 10.4. The summed E-state index contributed by atoms with van der Waals surface area (Å²) in [5.41, 5.74) is 0.959. The lowest BCUT2D eigenvalue weighted by Gasteiger charge is -2.31. The van der Waals surface area contributed by atoms with E-state index in [2.05, 4.69) is 16.4 Å². The molecule has 1 aliphatic heterocycles. The Morgan fingerprint density at radius 2 is 1.77 bits per heavy atom. The molecule has 3 nitrogen and oxygen atoms in total. The first-order valence-electron chi connectivity index (χ1n) is 11.8. The van der Waals surface area contributed by atoms with Gasteiger partial charge in [-0.1, -0.05) is 6.08 Å². The first-order chi connectivity index (χ1) is 14.9. The van der Waals surface area contributed by atoms with Gasteiger partial charge in [-0.15, -0.1) is 0 Å². The molecule has 5 rings (SSSR count). The van der Waals surface area contributed by atoms with Gasteiger partial charge in [0.25, 0.3) is 0 Å².